The third-order valence-electron chi connectivity index (χ3n) is 3.27. The second kappa shape index (κ2) is 5.53. The van der Waals surface area contributed by atoms with Gasteiger partial charge in [-0.1, -0.05) is 18.2 Å². The molecule has 1 aliphatic rings. The summed E-state index contributed by atoms with van der Waals surface area (Å²) in [6, 6.07) is 12.9. The van der Waals surface area contributed by atoms with Gasteiger partial charge < -0.3 is 19.3 Å². The zero-order valence-corrected chi connectivity index (χ0v) is 11.2. The zero-order valence-electron chi connectivity index (χ0n) is 11.2. The molecule has 4 heteroatoms. The SMILES string of the molecule is COCCOc1ccc2c(c1)Oc1ccccc1C2O. The fraction of sp³-hybridized carbons (Fsp3) is 0.250. The van der Waals surface area contributed by atoms with E-state index in [0.717, 1.165) is 11.1 Å². The minimum Gasteiger partial charge on any atom is -0.491 e. The van der Waals surface area contributed by atoms with E-state index in [2.05, 4.69) is 0 Å². The van der Waals surface area contributed by atoms with Gasteiger partial charge in [-0.25, -0.2) is 0 Å². The molecule has 20 heavy (non-hydrogen) atoms. The van der Waals surface area contributed by atoms with Crippen LogP contribution in [0.15, 0.2) is 42.5 Å². The van der Waals surface area contributed by atoms with Crippen molar-refractivity contribution < 1.29 is 19.3 Å². The second-order valence-electron chi connectivity index (χ2n) is 4.58. The third kappa shape index (κ3) is 2.35. The summed E-state index contributed by atoms with van der Waals surface area (Å²) in [6.45, 7) is 1.01. The van der Waals surface area contributed by atoms with Crippen molar-refractivity contribution in [1.29, 1.82) is 0 Å². The molecule has 1 heterocycles. The van der Waals surface area contributed by atoms with Crippen LogP contribution >= 0.6 is 0 Å². The Labute approximate surface area is 117 Å². The van der Waals surface area contributed by atoms with E-state index >= 15 is 0 Å². The third-order valence-corrected chi connectivity index (χ3v) is 3.27. The van der Waals surface area contributed by atoms with Crippen LogP contribution in [0.2, 0.25) is 0 Å². The van der Waals surface area contributed by atoms with E-state index in [4.69, 9.17) is 14.2 Å². The van der Waals surface area contributed by atoms with Crippen molar-refractivity contribution in [3.8, 4) is 17.2 Å². The van der Waals surface area contributed by atoms with Crippen LogP contribution < -0.4 is 9.47 Å². The number of aliphatic hydroxyl groups excluding tert-OH is 1. The summed E-state index contributed by atoms with van der Waals surface area (Å²) >= 11 is 0. The van der Waals surface area contributed by atoms with Crippen LogP contribution in [0.3, 0.4) is 0 Å². The molecule has 0 spiro atoms. The van der Waals surface area contributed by atoms with Crippen LogP contribution in [0.25, 0.3) is 0 Å². The van der Waals surface area contributed by atoms with Gasteiger partial charge in [0.2, 0.25) is 0 Å². The first kappa shape index (κ1) is 13.0. The molecule has 0 aromatic heterocycles. The topological polar surface area (TPSA) is 47.9 Å². The van der Waals surface area contributed by atoms with Gasteiger partial charge in [0.1, 0.15) is 30.0 Å². The molecule has 0 saturated heterocycles. The van der Waals surface area contributed by atoms with E-state index in [9.17, 15) is 5.11 Å². The number of aliphatic hydroxyl groups is 1. The summed E-state index contributed by atoms with van der Waals surface area (Å²) in [5, 5.41) is 10.4. The Morgan fingerprint density at radius 1 is 1.05 bits per heavy atom. The molecule has 1 unspecified atom stereocenters. The van der Waals surface area contributed by atoms with E-state index < -0.39 is 6.10 Å². The number of benzene rings is 2. The first-order chi connectivity index (χ1) is 9.79. The second-order valence-corrected chi connectivity index (χ2v) is 4.58. The summed E-state index contributed by atoms with van der Waals surface area (Å²) < 4.78 is 16.3. The lowest BCUT2D eigenvalue weighted by atomic mass is 9.97. The van der Waals surface area contributed by atoms with Crippen molar-refractivity contribution in [1.82, 2.24) is 0 Å². The largest absolute Gasteiger partial charge is 0.491 e. The Balaban J connectivity index is 1.87. The van der Waals surface area contributed by atoms with Gasteiger partial charge in [0.05, 0.1) is 6.61 Å². The number of hydrogen-bond donors (Lipinski definition) is 1. The molecule has 0 saturated carbocycles. The van der Waals surface area contributed by atoms with Gasteiger partial charge in [0.15, 0.2) is 0 Å². The van der Waals surface area contributed by atoms with Crippen LogP contribution in [0.4, 0.5) is 0 Å². The first-order valence-corrected chi connectivity index (χ1v) is 6.50. The molecule has 0 bridgehead atoms. The number of hydrogen-bond acceptors (Lipinski definition) is 4. The van der Waals surface area contributed by atoms with Crippen molar-refractivity contribution in [2.24, 2.45) is 0 Å². The number of para-hydroxylation sites is 1. The molecule has 3 rings (SSSR count). The molecule has 0 radical (unpaired) electrons. The first-order valence-electron chi connectivity index (χ1n) is 6.50. The van der Waals surface area contributed by atoms with Crippen molar-refractivity contribution >= 4 is 0 Å². The van der Waals surface area contributed by atoms with E-state index in [1.807, 2.05) is 36.4 Å². The number of ether oxygens (including phenoxy) is 3. The van der Waals surface area contributed by atoms with Gasteiger partial charge >= 0.3 is 0 Å². The maximum absolute atomic E-state index is 10.4. The van der Waals surface area contributed by atoms with Crippen molar-refractivity contribution in [2.75, 3.05) is 20.3 Å². The normalized spacial score (nSPS) is 16.0. The van der Waals surface area contributed by atoms with Crippen LogP contribution in [-0.2, 0) is 4.74 Å². The van der Waals surface area contributed by atoms with E-state index in [1.54, 1.807) is 13.2 Å². The Morgan fingerprint density at radius 3 is 2.70 bits per heavy atom. The summed E-state index contributed by atoms with van der Waals surface area (Å²) in [5.41, 5.74) is 1.54. The lowest BCUT2D eigenvalue weighted by molar-refractivity contribution is 0.146. The van der Waals surface area contributed by atoms with Crippen LogP contribution in [0.1, 0.15) is 17.2 Å². The van der Waals surface area contributed by atoms with Gasteiger partial charge in [-0.05, 0) is 18.2 Å². The lowest BCUT2D eigenvalue weighted by Gasteiger charge is -2.25. The molecule has 4 nitrogen and oxygen atoms in total. The molecule has 0 aliphatic carbocycles. The summed E-state index contributed by atoms with van der Waals surface area (Å²) in [4.78, 5) is 0. The van der Waals surface area contributed by atoms with Gasteiger partial charge in [0.25, 0.3) is 0 Å². The van der Waals surface area contributed by atoms with Gasteiger partial charge in [-0.15, -0.1) is 0 Å². The molecule has 0 amide bonds. The van der Waals surface area contributed by atoms with Crippen LogP contribution in [0.5, 0.6) is 17.2 Å². The molecule has 2 aromatic carbocycles. The minimum absolute atomic E-state index is 0.481. The number of fused-ring (bicyclic) bond motifs is 2. The Kier molecular flexibility index (Phi) is 3.58. The molecule has 104 valence electrons. The molecule has 2 aromatic rings. The summed E-state index contributed by atoms with van der Waals surface area (Å²) in [7, 11) is 1.63. The number of rotatable bonds is 4. The standard InChI is InChI=1S/C16H16O4/c1-18-8-9-19-11-6-7-13-15(10-11)20-14-5-3-2-4-12(14)16(13)17/h2-7,10,16-17H,8-9H2,1H3. The van der Waals surface area contributed by atoms with Gasteiger partial charge in [-0.3, -0.25) is 0 Å². The highest BCUT2D eigenvalue weighted by Crippen LogP contribution is 2.43. The van der Waals surface area contributed by atoms with E-state index in [-0.39, 0.29) is 0 Å². The molecule has 1 atom stereocenters. The monoisotopic (exact) mass is 272 g/mol. The van der Waals surface area contributed by atoms with Crippen molar-refractivity contribution in [3.63, 3.8) is 0 Å². The smallest absolute Gasteiger partial charge is 0.137 e. The van der Waals surface area contributed by atoms with E-state index in [1.165, 1.54) is 0 Å². The fourth-order valence-electron chi connectivity index (χ4n) is 2.25. The molecular weight excluding hydrogens is 256 g/mol. The summed E-state index contributed by atoms with van der Waals surface area (Å²) in [6.07, 6.45) is -0.664. The Morgan fingerprint density at radius 2 is 1.85 bits per heavy atom. The van der Waals surface area contributed by atoms with Gasteiger partial charge in [0, 0.05) is 24.3 Å². The van der Waals surface area contributed by atoms with Crippen molar-refractivity contribution in [2.45, 2.75) is 6.10 Å². The van der Waals surface area contributed by atoms with Crippen LogP contribution in [-0.4, -0.2) is 25.4 Å². The molecule has 1 N–H and O–H groups in total. The average molecular weight is 272 g/mol. The molecule has 0 fully saturated rings. The highest BCUT2D eigenvalue weighted by Gasteiger charge is 2.25. The average Bonchev–Trinajstić information content (AvgIpc) is 2.48. The predicted octanol–water partition coefficient (Wildman–Crippen LogP) is 2.90. The van der Waals surface area contributed by atoms with E-state index in [0.29, 0.717) is 30.5 Å². The quantitative estimate of drug-likeness (QED) is 0.869. The van der Waals surface area contributed by atoms with Crippen molar-refractivity contribution in [3.05, 3.63) is 53.6 Å². The highest BCUT2D eigenvalue weighted by molar-refractivity contribution is 5.53. The summed E-state index contributed by atoms with van der Waals surface area (Å²) in [5.74, 6) is 2.01. The Bertz CT molecular complexity index is 609. The zero-order chi connectivity index (χ0) is 13.9. The number of methoxy groups -OCH3 is 1. The molecular formula is C16H16O4. The minimum atomic E-state index is -0.664. The maximum Gasteiger partial charge on any atom is 0.137 e. The molecule has 1 aliphatic heterocycles. The van der Waals surface area contributed by atoms with Gasteiger partial charge in [-0.2, -0.15) is 0 Å². The van der Waals surface area contributed by atoms with Crippen LogP contribution in [0, 0.1) is 0 Å². The Hall–Kier alpha value is -2.04. The predicted molar refractivity (Wildman–Crippen MR) is 74.4 cm³/mol. The highest BCUT2D eigenvalue weighted by atomic mass is 16.5. The lowest BCUT2D eigenvalue weighted by Crippen LogP contribution is -2.10. The maximum atomic E-state index is 10.4. The fourth-order valence-corrected chi connectivity index (χ4v) is 2.25.